The smallest absolute Gasteiger partial charge is 0.329 e. The minimum atomic E-state index is -1.65. The topological polar surface area (TPSA) is 113 Å². The van der Waals surface area contributed by atoms with Gasteiger partial charge in [0.1, 0.15) is 0 Å². The first-order valence-corrected chi connectivity index (χ1v) is 8.40. The fourth-order valence-electron chi connectivity index (χ4n) is 4.12. The van der Waals surface area contributed by atoms with Gasteiger partial charge in [-0.3, -0.25) is 14.4 Å². The molecule has 0 spiro atoms. The number of hydrogen-bond donors (Lipinski definition) is 1. The molecule has 3 rings (SSSR count). The number of nitrogens with zero attached hydrogens (tertiary/aromatic N) is 2. The largest absolute Gasteiger partial charge is 0.468 e. The van der Waals surface area contributed by atoms with E-state index in [0.717, 1.165) is 0 Å². The van der Waals surface area contributed by atoms with Gasteiger partial charge in [-0.2, -0.15) is 5.26 Å². The lowest BCUT2D eigenvalue weighted by molar-refractivity contribution is -0.150. The standard InChI is InChI=1S/C20H19N3O4/c1-12(24)17-16(13-6-4-3-5-7-13)20(11-21,19(26)27-2)15-9-8-14(18(22)25)10-23(15)17/h3-10,15-17H,1-2H3,(H2,22,25)/t15-,16-,17-,20+/m0/s1. The summed E-state index contributed by atoms with van der Waals surface area (Å²) in [7, 11) is 1.21. The first kappa shape index (κ1) is 18.4. The maximum absolute atomic E-state index is 12.9. The molecule has 2 N–H and O–H groups in total. The number of primary amides is 1. The Labute approximate surface area is 156 Å². The summed E-state index contributed by atoms with van der Waals surface area (Å²) in [4.78, 5) is 38.7. The molecule has 2 aliphatic rings. The van der Waals surface area contributed by atoms with Crippen molar-refractivity contribution in [2.45, 2.75) is 24.9 Å². The van der Waals surface area contributed by atoms with E-state index in [1.54, 1.807) is 35.2 Å². The number of ether oxygens (including phenoxy) is 1. The van der Waals surface area contributed by atoms with E-state index in [0.29, 0.717) is 5.56 Å². The number of Topliss-reactive ketones (excluding diaryl/α,β-unsaturated/α-hetero) is 1. The van der Waals surface area contributed by atoms with E-state index in [1.165, 1.54) is 26.3 Å². The van der Waals surface area contributed by atoms with Crippen LogP contribution in [0.4, 0.5) is 0 Å². The minimum absolute atomic E-state index is 0.197. The zero-order chi connectivity index (χ0) is 19.8. The van der Waals surface area contributed by atoms with Crippen LogP contribution in [-0.4, -0.2) is 41.8 Å². The summed E-state index contributed by atoms with van der Waals surface area (Å²) in [5, 5.41) is 10.1. The second-order valence-corrected chi connectivity index (χ2v) is 6.62. The van der Waals surface area contributed by atoms with Crippen LogP contribution in [0.15, 0.2) is 54.3 Å². The molecular weight excluding hydrogens is 346 g/mol. The molecule has 1 saturated heterocycles. The van der Waals surface area contributed by atoms with Gasteiger partial charge in [0, 0.05) is 12.1 Å². The molecule has 2 aliphatic heterocycles. The van der Waals surface area contributed by atoms with Gasteiger partial charge in [-0.1, -0.05) is 36.4 Å². The van der Waals surface area contributed by atoms with Gasteiger partial charge in [-0.15, -0.1) is 0 Å². The summed E-state index contributed by atoms with van der Waals surface area (Å²) in [5.74, 6) is -2.38. The van der Waals surface area contributed by atoms with E-state index in [2.05, 4.69) is 6.07 Å². The molecule has 27 heavy (non-hydrogen) atoms. The van der Waals surface area contributed by atoms with E-state index in [9.17, 15) is 19.6 Å². The Balaban J connectivity index is 2.29. The fourth-order valence-corrected chi connectivity index (χ4v) is 4.12. The Morgan fingerprint density at radius 3 is 2.44 bits per heavy atom. The van der Waals surface area contributed by atoms with Gasteiger partial charge in [-0.25, -0.2) is 0 Å². The van der Waals surface area contributed by atoms with Crippen molar-refractivity contribution in [3.63, 3.8) is 0 Å². The molecule has 1 amide bonds. The number of nitrogens with two attached hydrogens (primary N) is 1. The molecule has 2 heterocycles. The summed E-state index contributed by atoms with van der Waals surface area (Å²) in [5.41, 5.74) is 4.59. The number of amides is 1. The van der Waals surface area contributed by atoms with Crippen LogP contribution >= 0.6 is 0 Å². The second-order valence-electron chi connectivity index (χ2n) is 6.62. The van der Waals surface area contributed by atoms with Gasteiger partial charge in [0.2, 0.25) is 5.91 Å². The molecule has 138 valence electrons. The quantitative estimate of drug-likeness (QED) is 0.798. The van der Waals surface area contributed by atoms with Crippen molar-refractivity contribution in [3.05, 3.63) is 59.8 Å². The lowest BCUT2D eigenvalue weighted by atomic mass is 9.68. The van der Waals surface area contributed by atoms with Crippen molar-refractivity contribution in [2.24, 2.45) is 11.1 Å². The lowest BCUT2D eigenvalue weighted by Crippen LogP contribution is -2.45. The number of nitriles is 1. The molecule has 7 heteroatoms. The zero-order valence-electron chi connectivity index (χ0n) is 15.0. The van der Waals surface area contributed by atoms with E-state index < -0.39 is 35.3 Å². The first-order chi connectivity index (χ1) is 12.9. The number of hydrogen-bond acceptors (Lipinski definition) is 6. The summed E-state index contributed by atoms with van der Waals surface area (Å²) < 4.78 is 4.99. The number of benzene rings is 1. The van der Waals surface area contributed by atoms with Crippen molar-refractivity contribution in [3.8, 4) is 6.07 Å². The van der Waals surface area contributed by atoms with Crippen molar-refractivity contribution >= 4 is 17.7 Å². The maximum atomic E-state index is 12.9. The highest BCUT2D eigenvalue weighted by Crippen LogP contribution is 2.53. The van der Waals surface area contributed by atoms with Crippen LogP contribution in [0.2, 0.25) is 0 Å². The van der Waals surface area contributed by atoms with Crippen LogP contribution in [0, 0.1) is 16.7 Å². The highest BCUT2D eigenvalue weighted by molar-refractivity contribution is 5.96. The van der Waals surface area contributed by atoms with Crippen LogP contribution in [0.1, 0.15) is 18.4 Å². The van der Waals surface area contributed by atoms with Crippen LogP contribution < -0.4 is 5.73 Å². The average molecular weight is 365 g/mol. The molecule has 4 atom stereocenters. The Kier molecular flexibility index (Phi) is 4.58. The average Bonchev–Trinajstić information content (AvgIpc) is 2.98. The molecule has 0 radical (unpaired) electrons. The van der Waals surface area contributed by atoms with E-state index in [4.69, 9.17) is 10.5 Å². The van der Waals surface area contributed by atoms with E-state index >= 15 is 0 Å². The molecule has 0 aromatic heterocycles. The van der Waals surface area contributed by atoms with Gasteiger partial charge >= 0.3 is 5.97 Å². The number of carbonyl (C=O) groups is 3. The number of ketones is 1. The van der Waals surface area contributed by atoms with Crippen LogP contribution in [0.3, 0.4) is 0 Å². The van der Waals surface area contributed by atoms with Crippen LogP contribution in [0.25, 0.3) is 0 Å². The number of esters is 1. The fraction of sp³-hybridized carbons (Fsp3) is 0.300. The number of rotatable bonds is 4. The number of methoxy groups -OCH3 is 1. The molecule has 7 nitrogen and oxygen atoms in total. The summed E-state index contributed by atoms with van der Waals surface area (Å²) >= 11 is 0. The highest BCUT2D eigenvalue weighted by atomic mass is 16.5. The second kappa shape index (κ2) is 6.72. The summed E-state index contributed by atoms with van der Waals surface area (Å²) in [6.07, 6.45) is 4.50. The van der Waals surface area contributed by atoms with Gasteiger partial charge in [0.15, 0.2) is 11.2 Å². The van der Waals surface area contributed by atoms with Gasteiger partial charge < -0.3 is 15.4 Å². The van der Waals surface area contributed by atoms with Crippen LogP contribution in [0.5, 0.6) is 0 Å². The Bertz CT molecular complexity index is 900. The molecule has 1 aromatic carbocycles. The highest BCUT2D eigenvalue weighted by Gasteiger charge is 2.65. The molecule has 1 fully saturated rings. The third-order valence-corrected chi connectivity index (χ3v) is 5.23. The zero-order valence-corrected chi connectivity index (χ0v) is 15.0. The lowest BCUT2D eigenvalue weighted by Gasteiger charge is -2.32. The molecular formula is C20H19N3O4. The molecule has 0 bridgehead atoms. The van der Waals surface area contributed by atoms with Gasteiger partial charge in [0.25, 0.3) is 0 Å². The predicted molar refractivity (Wildman–Crippen MR) is 95.8 cm³/mol. The van der Waals surface area contributed by atoms with Gasteiger partial charge in [-0.05, 0) is 18.6 Å². The summed E-state index contributed by atoms with van der Waals surface area (Å²) in [6.45, 7) is 1.40. The normalized spacial score (nSPS) is 28.7. The maximum Gasteiger partial charge on any atom is 0.329 e. The van der Waals surface area contributed by atoms with Crippen molar-refractivity contribution in [1.29, 1.82) is 5.26 Å². The molecule has 1 aromatic rings. The first-order valence-electron chi connectivity index (χ1n) is 8.40. The van der Waals surface area contributed by atoms with Crippen molar-refractivity contribution in [1.82, 2.24) is 4.90 Å². The van der Waals surface area contributed by atoms with Crippen molar-refractivity contribution < 1.29 is 19.1 Å². The van der Waals surface area contributed by atoms with Crippen molar-refractivity contribution in [2.75, 3.05) is 7.11 Å². The monoisotopic (exact) mass is 365 g/mol. The molecule has 0 aliphatic carbocycles. The third-order valence-electron chi connectivity index (χ3n) is 5.23. The van der Waals surface area contributed by atoms with E-state index in [-0.39, 0.29) is 11.4 Å². The SMILES string of the molecule is COC(=O)[C@]1(C#N)[C@@H]2C=CC(C(N)=O)=CN2[C@@H](C(C)=O)[C@@H]1c1ccccc1. The minimum Gasteiger partial charge on any atom is -0.468 e. The van der Waals surface area contributed by atoms with E-state index in [1.807, 2.05) is 6.07 Å². The molecule has 0 unspecified atom stereocenters. The van der Waals surface area contributed by atoms with Gasteiger partial charge in [0.05, 0.1) is 30.8 Å². The Morgan fingerprint density at radius 1 is 1.26 bits per heavy atom. The Hall–Kier alpha value is -3.40. The molecule has 0 saturated carbocycles. The predicted octanol–water partition coefficient (Wildman–Crippen LogP) is 1.03. The van der Waals surface area contributed by atoms with Crippen LogP contribution in [-0.2, 0) is 19.1 Å². The third kappa shape index (κ3) is 2.61. The Morgan fingerprint density at radius 2 is 1.93 bits per heavy atom. The number of fused-ring (bicyclic) bond motifs is 1. The summed E-state index contributed by atoms with van der Waals surface area (Å²) in [6, 6.07) is 9.47. The number of carbonyl (C=O) groups excluding carboxylic acids is 3.